The van der Waals surface area contributed by atoms with Crippen molar-refractivity contribution >= 4 is 5.91 Å². The van der Waals surface area contributed by atoms with E-state index in [1.807, 2.05) is 30.0 Å². The maximum Gasteiger partial charge on any atom is 0.276 e. The third kappa shape index (κ3) is 4.03. The van der Waals surface area contributed by atoms with Crippen LogP contribution in [-0.2, 0) is 6.61 Å². The smallest absolute Gasteiger partial charge is 0.276 e. The lowest BCUT2D eigenvalue weighted by molar-refractivity contribution is 0.0749. The van der Waals surface area contributed by atoms with E-state index >= 15 is 0 Å². The number of hydrogen-bond donors (Lipinski definition) is 0. The van der Waals surface area contributed by atoms with Gasteiger partial charge >= 0.3 is 0 Å². The van der Waals surface area contributed by atoms with Gasteiger partial charge in [0.25, 0.3) is 5.91 Å². The van der Waals surface area contributed by atoms with Gasteiger partial charge < -0.3 is 14.2 Å². The van der Waals surface area contributed by atoms with E-state index in [2.05, 4.69) is 19.0 Å². The number of ether oxygens (including phenoxy) is 1. The van der Waals surface area contributed by atoms with Crippen molar-refractivity contribution in [2.75, 3.05) is 13.1 Å². The Morgan fingerprint density at radius 1 is 1.12 bits per heavy atom. The average Bonchev–Trinajstić information content (AvgIpc) is 2.80. The zero-order valence-electron chi connectivity index (χ0n) is 15.3. The largest absolute Gasteiger partial charge is 0.489 e. The van der Waals surface area contributed by atoms with E-state index in [9.17, 15) is 4.79 Å². The number of rotatable bonds is 4. The van der Waals surface area contributed by atoms with Crippen LogP contribution in [0.3, 0.4) is 0 Å². The van der Waals surface area contributed by atoms with E-state index in [4.69, 9.17) is 9.26 Å². The van der Waals surface area contributed by atoms with Gasteiger partial charge in [-0.3, -0.25) is 4.79 Å². The number of carbonyl (C=O) groups excluding carboxylic acids is 1. The minimum Gasteiger partial charge on any atom is -0.489 e. The van der Waals surface area contributed by atoms with Gasteiger partial charge in [0.15, 0.2) is 5.69 Å². The van der Waals surface area contributed by atoms with Gasteiger partial charge in [-0.15, -0.1) is 0 Å². The Kier molecular flexibility index (Phi) is 5.41. The van der Waals surface area contributed by atoms with Crippen molar-refractivity contribution < 1.29 is 14.1 Å². The number of nitrogens with zero attached hydrogens (tertiary/aromatic N) is 2. The first kappa shape index (κ1) is 17.5. The molecule has 0 bridgehead atoms. The molecule has 0 saturated carbocycles. The maximum atomic E-state index is 12.8. The Morgan fingerprint density at radius 3 is 2.52 bits per heavy atom. The van der Waals surface area contributed by atoms with Gasteiger partial charge in [-0.2, -0.15) is 0 Å². The molecule has 1 aliphatic heterocycles. The van der Waals surface area contributed by atoms with E-state index < -0.39 is 0 Å². The van der Waals surface area contributed by atoms with Crippen LogP contribution in [0.1, 0.15) is 58.6 Å². The number of likely N-dealkylation sites (tertiary alicyclic amines) is 1. The van der Waals surface area contributed by atoms with E-state index in [0.717, 1.165) is 37.2 Å². The molecule has 1 amide bonds. The van der Waals surface area contributed by atoms with E-state index in [1.165, 1.54) is 24.0 Å². The van der Waals surface area contributed by atoms with Gasteiger partial charge in [-0.1, -0.05) is 24.1 Å². The van der Waals surface area contributed by atoms with Crippen LogP contribution < -0.4 is 4.74 Å². The maximum absolute atomic E-state index is 12.8. The van der Waals surface area contributed by atoms with Gasteiger partial charge in [0, 0.05) is 13.1 Å². The summed E-state index contributed by atoms with van der Waals surface area (Å²) in [6, 6.07) is 5.99. The topological polar surface area (TPSA) is 55.6 Å². The molecule has 5 nitrogen and oxygen atoms in total. The molecule has 1 fully saturated rings. The summed E-state index contributed by atoms with van der Waals surface area (Å²) < 4.78 is 11.2. The molecule has 0 atom stereocenters. The van der Waals surface area contributed by atoms with Crippen LogP contribution >= 0.6 is 0 Å². The van der Waals surface area contributed by atoms with Crippen molar-refractivity contribution in [2.24, 2.45) is 0 Å². The van der Waals surface area contributed by atoms with Gasteiger partial charge in [-0.25, -0.2) is 0 Å². The molecule has 0 unspecified atom stereocenters. The third-order valence-electron chi connectivity index (χ3n) is 4.94. The molecule has 3 rings (SSSR count). The fourth-order valence-electron chi connectivity index (χ4n) is 3.11. The highest BCUT2D eigenvalue weighted by atomic mass is 16.5. The summed E-state index contributed by atoms with van der Waals surface area (Å²) in [6.45, 7) is 7.82. The van der Waals surface area contributed by atoms with Gasteiger partial charge in [0.1, 0.15) is 18.1 Å². The summed E-state index contributed by atoms with van der Waals surface area (Å²) in [5.41, 5.74) is 3.54. The number of amides is 1. The zero-order chi connectivity index (χ0) is 17.8. The fourth-order valence-corrected chi connectivity index (χ4v) is 3.11. The van der Waals surface area contributed by atoms with Crippen molar-refractivity contribution in [3.8, 4) is 5.75 Å². The number of aryl methyl sites for hydroxylation is 3. The highest BCUT2D eigenvalue weighted by Gasteiger charge is 2.25. The molecule has 2 heterocycles. The molecule has 1 aromatic carbocycles. The monoisotopic (exact) mass is 342 g/mol. The second kappa shape index (κ2) is 7.72. The van der Waals surface area contributed by atoms with Gasteiger partial charge in [0.2, 0.25) is 0 Å². The van der Waals surface area contributed by atoms with Crippen molar-refractivity contribution in [1.29, 1.82) is 0 Å². The average molecular weight is 342 g/mol. The summed E-state index contributed by atoms with van der Waals surface area (Å²) in [5, 5.41) is 4.02. The highest BCUT2D eigenvalue weighted by Crippen LogP contribution is 2.22. The van der Waals surface area contributed by atoms with Crippen molar-refractivity contribution in [3.05, 3.63) is 46.3 Å². The lowest BCUT2D eigenvalue weighted by atomic mass is 10.1. The summed E-state index contributed by atoms with van der Waals surface area (Å²) >= 11 is 0. The third-order valence-corrected chi connectivity index (χ3v) is 4.94. The lowest BCUT2D eigenvalue weighted by Crippen LogP contribution is -2.32. The molecule has 1 aromatic heterocycles. The van der Waals surface area contributed by atoms with Crippen molar-refractivity contribution in [2.45, 2.75) is 53.1 Å². The first-order chi connectivity index (χ1) is 12.1. The number of benzene rings is 1. The van der Waals surface area contributed by atoms with Gasteiger partial charge in [-0.05, 0) is 56.9 Å². The molecule has 1 saturated heterocycles. The number of hydrogen-bond acceptors (Lipinski definition) is 4. The predicted molar refractivity (Wildman–Crippen MR) is 95.9 cm³/mol. The molecule has 1 aliphatic rings. The Labute approximate surface area is 148 Å². The SMILES string of the molecule is Cc1ccc(OCc2c(C(=O)N3CCCCCC3)noc2C)cc1C. The molecule has 0 radical (unpaired) electrons. The minimum atomic E-state index is -0.0440. The standard InChI is InChI=1S/C20H26N2O3/c1-14-8-9-17(12-15(14)2)24-13-18-16(3)25-21-19(18)20(23)22-10-6-4-5-7-11-22/h8-9,12H,4-7,10-11,13H2,1-3H3. The molecule has 0 spiro atoms. The summed E-state index contributed by atoms with van der Waals surface area (Å²) in [4.78, 5) is 14.7. The lowest BCUT2D eigenvalue weighted by Gasteiger charge is -2.19. The number of carbonyl (C=O) groups is 1. The van der Waals surface area contributed by atoms with Crippen LogP contribution in [-0.4, -0.2) is 29.1 Å². The van der Waals surface area contributed by atoms with Gasteiger partial charge in [0.05, 0.1) is 5.56 Å². The number of aromatic nitrogens is 1. The molecule has 134 valence electrons. The molecular formula is C20H26N2O3. The van der Waals surface area contributed by atoms with E-state index in [-0.39, 0.29) is 12.5 Å². The van der Waals surface area contributed by atoms with Crippen LogP contribution in [0.4, 0.5) is 0 Å². The van der Waals surface area contributed by atoms with Crippen LogP contribution in [0, 0.1) is 20.8 Å². The van der Waals surface area contributed by atoms with E-state index in [0.29, 0.717) is 11.5 Å². The predicted octanol–water partition coefficient (Wildman–Crippen LogP) is 4.20. The normalized spacial score (nSPS) is 15.1. The van der Waals surface area contributed by atoms with Crippen LogP contribution in [0.15, 0.2) is 22.7 Å². The minimum absolute atomic E-state index is 0.0440. The van der Waals surface area contributed by atoms with E-state index in [1.54, 1.807) is 0 Å². The Balaban J connectivity index is 1.74. The quantitative estimate of drug-likeness (QED) is 0.836. The Bertz CT molecular complexity index is 743. The second-order valence-electron chi connectivity index (χ2n) is 6.81. The first-order valence-electron chi connectivity index (χ1n) is 9.00. The summed E-state index contributed by atoms with van der Waals surface area (Å²) in [6.07, 6.45) is 4.48. The first-order valence-corrected chi connectivity index (χ1v) is 9.00. The Hall–Kier alpha value is -2.30. The fraction of sp³-hybridized carbons (Fsp3) is 0.500. The van der Waals surface area contributed by atoms with Crippen molar-refractivity contribution in [3.63, 3.8) is 0 Å². The summed E-state index contributed by atoms with van der Waals surface area (Å²) in [5.74, 6) is 1.39. The molecule has 25 heavy (non-hydrogen) atoms. The highest BCUT2D eigenvalue weighted by molar-refractivity contribution is 5.93. The molecule has 0 N–H and O–H groups in total. The second-order valence-corrected chi connectivity index (χ2v) is 6.81. The Morgan fingerprint density at radius 2 is 1.84 bits per heavy atom. The molecule has 2 aromatic rings. The van der Waals surface area contributed by atoms with Crippen LogP contribution in [0.2, 0.25) is 0 Å². The molecule has 5 heteroatoms. The van der Waals surface area contributed by atoms with Crippen LogP contribution in [0.25, 0.3) is 0 Å². The van der Waals surface area contributed by atoms with Crippen molar-refractivity contribution in [1.82, 2.24) is 10.1 Å². The zero-order valence-corrected chi connectivity index (χ0v) is 15.3. The summed E-state index contributed by atoms with van der Waals surface area (Å²) in [7, 11) is 0. The van der Waals surface area contributed by atoms with Crippen LogP contribution in [0.5, 0.6) is 5.75 Å². The molecular weight excluding hydrogens is 316 g/mol. The molecule has 0 aliphatic carbocycles.